The molecule has 0 radical (unpaired) electrons. The third kappa shape index (κ3) is 18.9. The second-order valence-electron chi connectivity index (χ2n) is 18.8. The fourth-order valence-corrected chi connectivity index (χ4v) is 14.2. The minimum Gasteiger partial charge on any atom is -0.480 e. The number of sulfonamides is 1. The Bertz CT molecular complexity index is 1980. The van der Waals surface area contributed by atoms with Crippen molar-refractivity contribution >= 4 is 90.3 Å². The number of ketones is 1. The second kappa shape index (κ2) is 28.5. The van der Waals surface area contributed by atoms with Gasteiger partial charge in [-0.15, -0.1) is 11.8 Å². The van der Waals surface area contributed by atoms with Crippen molar-refractivity contribution in [3.8, 4) is 0 Å². The molecule has 22 heteroatoms. The summed E-state index contributed by atoms with van der Waals surface area (Å²) in [5.74, 6) is -1.48. The van der Waals surface area contributed by atoms with Gasteiger partial charge in [-0.2, -0.15) is 0 Å². The van der Waals surface area contributed by atoms with Crippen molar-refractivity contribution < 1.29 is 46.9 Å². The largest absolute Gasteiger partial charge is 0.480 e. The summed E-state index contributed by atoms with van der Waals surface area (Å²) < 4.78 is 39.4. The highest BCUT2D eigenvalue weighted by atomic mass is 32.2. The molecule has 4 aliphatic carbocycles. The summed E-state index contributed by atoms with van der Waals surface area (Å²) in [6.45, 7) is 8.26. The van der Waals surface area contributed by atoms with Crippen molar-refractivity contribution in [3.63, 3.8) is 0 Å². The number of nitrogens with one attached hydrogen (secondary N) is 2. The minimum absolute atomic E-state index is 0.0104. The second-order valence-corrected chi connectivity index (χ2v) is 25.7. The normalized spacial score (nSPS) is 21.8. The Morgan fingerprint density at radius 1 is 0.765 bits per heavy atom. The van der Waals surface area contributed by atoms with E-state index in [1.807, 2.05) is 0 Å². The van der Waals surface area contributed by atoms with Crippen LogP contribution in [-0.4, -0.2) is 137 Å². The molecular formula is C46H75N7O10S5. The van der Waals surface area contributed by atoms with Gasteiger partial charge in [-0.3, -0.25) is 20.2 Å². The van der Waals surface area contributed by atoms with Crippen LogP contribution >= 0.6 is 46.2 Å². The number of carbonyl (C=O) groups excluding carboxylic acids is 3. The van der Waals surface area contributed by atoms with E-state index in [0.29, 0.717) is 35.5 Å². The van der Waals surface area contributed by atoms with E-state index < -0.39 is 32.3 Å². The number of carboxylic acids is 1. The number of rotatable bonds is 22. The third-order valence-corrected chi connectivity index (χ3v) is 18.1. The van der Waals surface area contributed by atoms with Gasteiger partial charge in [0.25, 0.3) is 0 Å². The quantitative estimate of drug-likeness (QED) is 0.0636. The number of amides is 4. The number of primary sulfonamides is 1. The van der Waals surface area contributed by atoms with Crippen molar-refractivity contribution in [2.45, 2.75) is 186 Å². The Morgan fingerprint density at radius 3 is 1.76 bits per heavy atom. The molecule has 0 spiro atoms. The van der Waals surface area contributed by atoms with E-state index >= 15 is 0 Å². The molecule has 4 saturated carbocycles. The minimum atomic E-state index is -3.82. The molecule has 2 aromatic rings. The van der Waals surface area contributed by atoms with Gasteiger partial charge in [0.15, 0.2) is 16.0 Å². The standard InChI is InChI=1S/C24H39N3O5S2.C22H36N4O5S3/c1-24(2,21(28)29)34-20-15-25-22(33-20)26-23(30)27(18-7-5-4-6-8-18)19-11-9-17(10-12-19)16-32-14-13-31-3;1-2-12-31-19-10-8-17(9-11-19)26(16-6-4-3-5-7-16)22(28)25-21-24-13-20(33-21)32-14-18(27)15-34(23,29)30/h15,17-19H,4-14,16H2,1-3H3,(H,28,29)(H,25,26,30);13,16-17,19H,2-12,14-15H2,1H3,(H2,23,29,30)(H,24,25,28)/t;17-,19-. The lowest BCUT2D eigenvalue weighted by atomic mass is 9.84. The van der Waals surface area contributed by atoms with E-state index in [2.05, 4.69) is 37.3 Å². The molecule has 17 nitrogen and oxygen atoms in total. The predicted molar refractivity (Wildman–Crippen MR) is 272 cm³/mol. The molecule has 0 aromatic carbocycles. The highest BCUT2D eigenvalue weighted by Crippen LogP contribution is 2.39. The molecule has 2 heterocycles. The van der Waals surface area contributed by atoms with E-state index in [4.69, 9.17) is 19.3 Å². The van der Waals surface area contributed by atoms with E-state index in [0.717, 1.165) is 118 Å². The maximum Gasteiger partial charge on any atom is 0.324 e. The lowest BCUT2D eigenvalue weighted by Crippen LogP contribution is -2.51. The zero-order valence-electron chi connectivity index (χ0n) is 40.3. The number of ether oxygens (including phenoxy) is 3. The smallest absolute Gasteiger partial charge is 0.324 e. The maximum absolute atomic E-state index is 13.5. The topological polar surface area (TPSA) is 233 Å². The molecule has 2 aromatic heterocycles. The van der Waals surface area contributed by atoms with Crippen LogP contribution in [0.25, 0.3) is 0 Å². The third-order valence-electron chi connectivity index (χ3n) is 13.0. The van der Waals surface area contributed by atoms with Crippen LogP contribution < -0.4 is 15.8 Å². The average Bonchev–Trinajstić information content (AvgIpc) is 3.96. The van der Waals surface area contributed by atoms with Gasteiger partial charge in [0.1, 0.15) is 10.5 Å². The summed E-state index contributed by atoms with van der Waals surface area (Å²) in [6, 6.07) is 0.771. The van der Waals surface area contributed by atoms with Crippen LogP contribution in [0.1, 0.15) is 143 Å². The summed E-state index contributed by atoms with van der Waals surface area (Å²) in [5.41, 5.74) is 0. The monoisotopic (exact) mass is 1050 g/mol. The maximum atomic E-state index is 13.5. The first-order valence-corrected chi connectivity index (χ1v) is 29.6. The van der Waals surface area contributed by atoms with Gasteiger partial charge in [-0.05, 0) is 103 Å². The number of aliphatic carboxylic acids is 1. The Balaban J connectivity index is 0.000000254. The number of nitrogens with two attached hydrogens (primary N) is 1. The molecule has 0 aliphatic heterocycles. The number of hydrogen-bond donors (Lipinski definition) is 4. The van der Waals surface area contributed by atoms with Gasteiger partial charge in [-0.25, -0.2) is 33.1 Å². The molecule has 384 valence electrons. The number of thioether (sulfide) groups is 2. The number of Topliss-reactive ketones (excluding diaryl/α,β-unsaturated/α-hetero) is 1. The molecule has 4 aliphatic rings. The van der Waals surface area contributed by atoms with Crippen LogP contribution in [0, 0.1) is 5.92 Å². The summed E-state index contributed by atoms with van der Waals surface area (Å²) in [7, 11) is -2.14. The molecule has 0 unspecified atom stereocenters. The predicted octanol–water partition coefficient (Wildman–Crippen LogP) is 9.48. The Labute approximate surface area is 420 Å². The first kappa shape index (κ1) is 56.3. The number of methoxy groups -OCH3 is 1. The number of nitrogens with zero attached hydrogens (tertiary/aromatic N) is 4. The Hall–Kier alpha value is -2.57. The lowest BCUT2D eigenvalue weighted by Gasteiger charge is -2.42. The number of aromatic nitrogens is 2. The summed E-state index contributed by atoms with van der Waals surface area (Å²) in [4.78, 5) is 62.9. The fourth-order valence-electron chi connectivity index (χ4n) is 9.51. The SMILES string of the molecule is CCCO[C@H]1CC[C@H](N(C(=O)Nc2ncc(SCC(=O)CS(N)(=O)=O)s2)C2CCCCC2)CC1.COCCOCC1CCC(N(C(=O)Nc2ncc(SC(C)(C)C(=O)O)s2)C2CCCCC2)CC1. The van der Waals surface area contributed by atoms with Gasteiger partial charge >= 0.3 is 18.0 Å². The van der Waals surface area contributed by atoms with Crippen molar-refractivity contribution in [1.82, 2.24) is 19.8 Å². The zero-order chi connectivity index (χ0) is 49.1. The van der Waals surface area contributed by atoms with Crippen molar-refractivity contribution in [3.05, 3.63) is 12.4 Å². The molecule has 0 saturated heterocycles. The van der Waals surface area contributed by atoms with Crippen LogP contribution in [0.15, 0.2) is 20.8 Å². The van der Waals surface area contributed by atoms with Crippen molar-refractivity contribution in [2.24, 2.45) is 11.1 Å². The van der Waals surface area contributed by atoms with Gasteiger partial charge in [0.05, 0.1) is 45.9 Å². The van der Waals surface area contributed by atoms with E-state index in [-0.39, 0.29) is 42.0 Å². The van der Waals surface area contributed by atoms with Crippen LogP contribution in [0.5, 0.6) is 0 Å². The summed E-state index contributed by atoms with van der Waals surface area (Å²) in [6.07, 6.45) is 23.8. The molecule has 0 atom stereocenters. The van der Waals surface area contributed by atoms with Crippen molar-refractivity contribution in [2.75, 3.05) is 55.7 Å². The number of hydrogen-bond acceptors (Lipinski definition) is 15. The zero-order valence-corrected chi connectivity index (χ0v) is 44.4. The Morgan fingerprint density at radius 2 is 1.26 bits per heavy atom. The Kier molecular flexibility index (Phi) is 23.6. The van der Waals surface area contributed by atoms with Crippen LogP contribution in [0.2, 0.25) is 0 Å². The fraction of sp³-hybridized carbons (Fsp3) is 0.783. The first-order chi connectivity index (χ1) is 32.5. The first-order valence-electron chi connectivity index (χ1n) is 24.4. The highest BCUT2D eigenvalue weighted by Gasteiger charge is 2.37. The number of carbonyl (C=O) groups is 4. The van der Waals surface area contributed by atoms with Crippen LogP contribution in [0.3, 0.4) is 0 Å². The lowest BCUT2D eigenvalue weighted by molar-refractivity contribution is -0.138. The molecule has 6 rings (SSSR count). The molecule has 4 amide bonds. The summed E-state index contributed by atoms with van der Waals surface area (Å²) in [5, 5.41) is 21.3. The van der Waals surface area contributed by atoms with Crippen LogP contribution in [-0.2, 0) is 33.8 Å². The number of anilines is 2. The van der Waals surface area contributed by atoms with Gasteiger partial charge in [-0.1, -0.05) is 79.9 Å². The van der Waals surface area contributed by atoms with Crippen LogP contribution in [0.4, 0.5) is 19.9 Å². The molecule has 5 N–H and O–H groups in total. The van der Waals surface area contributed by atoms with Crippen molar-refractivity contribution in [1.29, 1.82) is 0 Å². The summed E-state index contributed by atoms with van der Waals surface area (Å²) >= 11 is 5.06. The molecular weight excluding hydrogens is 971 g/mol. The molecule has 0 bridgehead atoms. The van der Waals surface area contributed by atoms with Gasteiger partial charge in [0.2, 0.25) is 10.0 Å². The van der Waals surface area contributed by atoms with E-state index in [1.54, 1.807) is 33.4 Å². The number of thiazole rings is 2. The average molecular weight is 1050 g/mol. The van der Waals surface area contributed by atoms with Gasteiger partial charge < -0.3 is 29.1 Å². The van der Waals surface area contributed by atoms with Gasteiger partial charge in [0, 0.05) is 44.5 Å². The van der Waals surface area contributed by atoms with E-state index in [1.165, 1.54) is 71.9 Å². The van der Waals surface area contributed by atoms with E-state index in [9.17, 15) is 32.7 Å². The highest BCUT2D eigenvalue weighted by molar-refractivity contribution is 8.03. The molecule has 4 fully saturated rings. The number of urea groups is 2. The molecule has 68 heavy (non-hydrogen) atoms. The number of carboxylic acid groups (broad SMARTS) is 1.